The molecule has 0 unspecified atom stereocenters. The number of amides is 1. The molecule has 1 aliphatic rings. The first kappa shape index (κ1) is 13.2. The number of rotatable bonds is 3. The molecule has 8 heteroatoms. The van der Waals surface area contributed by atoms with Crippen LogP contribution in [0.15, 0.2) is 35.3 Å². The second-order valence-corrected chi connectivity index (χ2v) is 6.02. The van der Waals surface area contributed by atoms with Gasteiger partial charge in [-0.2, -0.15) is 15.9 Å². The highest BCUT2D eigenvalue weighted by Crippen LogP contribution is 2.18. The minimum atomic E-state index is -0.00433. The zero-order valence-corrected chi connectivity index (χ0v) is 12.5. The highest BCUT2D eigenvalue weighted by molar-refractivity contribution is 7.08. The summed E-state index contributed by atoms with van der Waals surface area (Å²) in [6.45, 7) is 1.63. The molecule has 1 saturated heterocycles. The van der Waals surface area contributed by atoms with Crippen molar-refractivity contribution in [2.45, 2.75) is 12.5 Å². The Bertz CT molecular complexity index is 799. The van der Waals surface area contributed by atoms with Crippen LogP contribution in [0.3, 0.4) is 0 Å². The Morgan fingerprint density at radius 3 is 3.18 bits per heavy atom. The Hall–Kier alpha value is -2.48. The number of nitrogens with zero attached hydrogens (tertiary/aromatic N) is 5. The van der Waals surface area contributed by atoms with E-state index < -0.39 is 0 Å². The largest absolute Gasteiger partial charge is 0.353 e. The zero-order valence-electron chi connectivity index (χ0n) is 11.7. The van der Waals surface area contributed by atoms with Crippen LogP contribution >= 0.6 is 11.3 Å². The lowest BCUT2D eigenvalue weighted by Gasteiger charge is -2.17. The van der Waals surface area contributed by atoms with Gasteiger partial charge in [-0.1, -0.05) is 0 Å². The van der Waals surface area contributed by atoms with Crippen molar-refractivity contribution in [2.24, 2.45) is 0 Å². The summed E-state index contributed by atoms with van der Waals surface area (Å²) in [5.74, 6) is 0.870. The molecule has 112 valence electrons. The van der Waals surface area contributed by atoms with E-state index in [0.717, 1.165) is 36.5 Å². The number of hydrogen-bond donors (Lipinski definition) is 1. The molecule has 0 aromatic carbocycles. The Kier molecular flexibility index (Phi) is 3.23. The third kappa shape index (κ3) is 2.41. The Morgan fingerprint density at radius 2 is 2.32 bits per heavy atom. The molecule has 0 spiro atoms. The van der Waals surface area contributed by atoms with Gasteiger partial charge in [-0.3, -0.25) is 4.79 Å². The van der Waals surface area contributed by atoms with Crippen molar-refractivity contribution < 1.29 is 4.79 Å². The molecule has 22 heavy (non-hydrogen) atoms. The van der Waals surface area contributed by atoms with E-state index in [1.807, 2.05) is 29.0 Å². The van der Waals surface area contributed by atoms with Gasteiger partial charge in [0.2, 0.25) is 0 Å². The standard InChI is InChI=1S/C14H14N6OS/c21-14(10-4-6-22-8-10)16-11-3-5-19(7-11)13-2-1-12-17-15-9-20(12)18-13/h1-2,4,6,8-9,11H,3,5,7H2,(H,16,21)/t11-/m0/s1. The first-order chi connectivity index (χ1) is 10.8. The van der Waals surface area contributed by atoms with E-state index in [2.05, 4.69) is 25.5 Å². The van der Waals surface area contributed by atoms with E-state index in [1.165, 1.54) is 11.3 Å². The van der Waals surface area contributed by atoms with Gasteiger partial charge in [0.1, 0.15) is 12.1 Å². The average molecular weight is 314 g/mol. The highest BCUT2D eigenvalue weighted by atomic mass is 32.1. The van der Waals surface area contributed by atoms with Crippen LogP contribution in [-0.4, -0.2) is 44.8 Å². The van der Waals surface area contributed by atoms with E-state index in [-0.39, 0.29) is 11.9 Å². The van der Waals surface area contributed by atoms with Crippen molar-refractivity contribution in [1.82, 2.24) is 25.1 Å². The minimum absolute atomic E-state index is 0.00433. The quantitative estimate of drug-likeness (QED) is 0.786. The van der Waals surface area contributed by atoms with Gasteiger partial charge < -0.3 is 10.2 Å². The van der Waals surface area contributed by atoms with E-state index in [4.69, 9.17) is 0 Å². The maximum atomic E-state index is 12.1. The summed E-state index contributed by atoms with van der Waals surface area (Å²) in [6.07, 6.45) is 2.50. The third-order valence-corrected chi connectivity index (χ3v) is 4.46. The molecule has 7 nitrogen and oxygen atoms in total. The Balaban J connectivity index is 1.44. The Morgan fingerprint density at radius 1 is 1.36 bits per heavy atom. The van der Waals surface area contributed by atoms with Gasteiger partial charge in [-0.15, -0.1) is 15.3 Å². The van der Waals surface area contributed by atoms with Crippen LogP contribution in [0, 0.1) is 0 Å². The van der Waals surface area contributed by atoms with Crippen molar-refractivity contribution in [3.05, 3.63) is 40.8 Å². The van der Waals surface area contributed by atoms with Crippen molar-refractivity contribution in [1.29, 1.82) is 0 Å². The number of carbonyl (C=O) groups excluding carboxylic acids is 1. The summed E-state index contributed by atoms with van der Waals surface area (Å²) in [7, 11) is 0. The molecule has 1 N–H and O–H groups in total. The number of carbonyl (C=O) groups is 1. The lowest BCUT2D eigenvalue weighted by molar-refractivity contribution is 0.0941. The SMILES string of the molecule is O=C(N[C@H]1CCN(c2ccc3nncn3n2)C1)c1ccsc1. The van der Waals surface area contributed by atoms with Crippen LogP contribution in [0.4, 0.5) is 5.82 Å². The predicted octanol–water partition coefficient (Wildman–Crippen LogP) is 1.19. The van der Waals surface area contributed by atoms with Gasteiger partial charge in [0, 0.05) is 30.1 Å². The molecule has 1 atom stereocenters. The van der Waals surface area contributed by atoms with Crippen molar-refractivity contribution >= 4 is 28.7 Å². The van der Waals surface area contributed by atoms with E-state index in [1.54, 1.807) is 10.8 Å². The van der Waals surface area contributed by atoms with Crippen molar-refractivity contribution in [3.63, 3.8) is 0 Å². The van der Waals surface area contributed by atoms with Crippen LogP contribution in [0.2, 0.25) is 0 Å². The number of fused-ring (bicyclic) bond motifs is 1. The third-order valence-electron chi connectivity index (χ3n) is 3.78. The molecular formula is C14H14N6OS. The molecule has 4 heterocycles. The molecule has 1 aliphatic heterocycles. The molecule has 3 aromatic rings. The summed E-state index contributed by atoms with van der Waals surface area (Å²) < 4.78 is 1.66. The zero-order chi connectivity index (χ0) is 14.9. The minimum Gasteiger partial charge on any atom is -0.353 e. The Labute approximate surface area is 130 Å². The van der Waals surface area contributed by atoms with Crippen LogP contribution in [0.1, 0.15) is 16.8 Å². The number of anilines is 1. The lowest BCUT2D eigenvalue weighted by Crippen LogP contribution is -2.37. The fraction of sp³-hybridized carbons (Fsp3) is 0.286. The fourth-order valence-electron chi connectivity index (χ4n) is 2.64. The van der Waals surface area contributed by atoms with Crippen molar-refractivity contribution in [2.75, 3.05) is 18.0 Å². The van der Waals surface area contributed by atoms with Crippen LogP contribution in [0.25, 0.3) is 5.65 Å². The van der Waals surface area contributed by atoms with Crippen LogP contribution in [-0.2, 0) is 0 Å². The second kappa shape index (κ2) is 5.38. The highest BCUT2D eigenvalue weighted by Gasteiger charge is 2.25. The van der Waals surface area contributed by atoms with E-state index in [9.17, 15) is 4.79 Å². The monoisotopic (exact) mass is 314 g/mol. The first-order valence-corrected chi connectivity index (χ1v) is 7.99. The summed E-state index contributed by atoms with van der Waals surface area (Å²) in [5, 5.41) is 19.1. The molecule has 0 saturated carbocycles. The van der Waals surface area contributed by atoms with Crippen LogP contribution in [0.5, 0.6) is 0 Å². The second-order valence-electron chi connectivity index (χ2n) is 5.24. The molecule has 4 rings (SSSR count). The smallest absolute Gasteiger partial charge is 0.252 e. The van der Waals surface area contributed by atoms with Gasteiger partial charge in [-0.05, 0) is 30.0 Å². The topological polar surface area (TPSA) is 75.4 Å². The van der Waals surface area contributed by atoms with E-state index >= 15 is 0 Å². The van der Waals surface area contributed by atoms with Gasteiger partial charge in [0.25, 0.3) is 5.91 Å². The molecule has 0 aliphatic carbocycles. The van der Waals surface area contributed by atoms with E-state index in [0.29, 0.717) is 0 Å². The predicted molar refractivity (Wildman–Crippen MR) is 83.2 cm³/mol. The summed E-state index contributed by atoms with van der Waals surface area (Å²) >= 11 is 1.53. The van der Waals surface area contributed by atoms with Gasteiger partial charge >= 0.3 is 0 Å². The molecule has 0 radical (unpaired) electrons. The maximum absolute atomic E-state index is 12.1. The fourth-order valence-corrected chi connectivity index (χ4v) is 3.27. The number of hydrogen-bond acceptors (Lipinski definition) is 6. The van der Waals surface area contributed by atoms with Gasteiger partial charge in [0.15, 0.2) is 5.65 Å². The van der Waals surface area contributed by atoms with Gasteiger partial charge in [0.05, 0.1) is 0 Å². The molecular weight excluding hydrogens is 300 g/mol. The van der Waals surface area contributed by atoms with Gasteiger partial charge in [-0.25, -0.2) is 0 Å². The molecule has 1 amide bonds. The van der Waals surface area contributed by atoms with Crippen LogP contribution < -0.4 is 10.2 Å². The number of aromatic nitrogens is 4. The molecule has 3 aromatic heterocycles. The summed E-state index contributed by atoms with van der Waals surface area (Å²) in [4.78, 5) is 14.3. The normalized spacial score (nSPS) is 18.0. The first-order valence-electron chi connectivity index (χ1n) is 7.05. The molecule has 1 fully saturated rings. The maximum Gasteiger partial charge on any atom is 0.252 e. The number of nitrogens with one attached hydrogen (secondary N) is 1. The summed E-state index contributed by atoms with van der Waals surface area (Å²) in [6, 6.07) is 5.82. The molecule has 0 bridgehead atoms. The van der Waals surface area contributed by atoms with Crippen molar-refractivity contribution in [3.8, 4) is 0 Å². The number of thiophene rings is 1. The lowest BCUT2D eigenvalue weighted by atomic mass is 10.2. The summed E-state index contributed by atoms with van der Waals surface area (Å²) in [5.41, 5.74) is 1.46. The average Bonchev–Trinajstić information content (AvgIpc) is 3.27.